The lowest BCUT2D eigenvalue weighted by molar-refractivity contribution is -0.131. The molecule has 4 aliphatic rings. The third-order valence-corrected chi connectivity index (χ3v) is 4.06. The molecule has 2 nitrogen and oxygen atoms in total. The first-order chi connectivity index (χ1) is 7.27. The molecule has 4 aliphatic carbocycles. The predicted molar refractivity (Wildman–Crippen MR) is 56.1 cm³/mol. The maximum Gasteiger partial charge on any atom is 0.160 e. The van der Waals surface area contributed by atoms with E-state index < -0.39 is 0 Å². The van der Waals surface area contributed by atoms with Gasteiger partial charge in [0.1, 0.15) is 0 Å². The van der Waals surface area contributed by atoms with Crippen LogP contribution in [0.2, 0.25) is 0 Å². The van der Waals surface area contributed by atoms with Crippen LogP contribution in [0, 0.1) is 23.7 Å². The van der Waals surface area contributed by atoms with Crippen molar-refractivity contribution in [3.8, 4) is 0 Å². The quantitative estimate of drug-likeness (QED) is 0.562. The Morgan fingerprint density at radius 1 is 0.867 bits per heavy atom. The Morgan fingerprint density at radius 2 is 1.33 bits per heavy atom. The Kier molecular flexibility index (Phi) is 1.91. The van der Waals surface area contributed by atoms with Crippen molar-refractivity contribution in [2.75, 3.05) is 0 Å². The highest BCUT2D eigenvalue weighted by atomic mass is 16.1. The number of rotatable bonds is 0. The van der Waals surface area contributed by atoms with Crippen LogP contribution in [0.5, 0.6) is 0 Å². The van der Waals surface area contributed by atoms with Gasteiger partial charge in [-0.1, -0.05) is 18.6 Å². The van der Waals surface area contributed by atoms with Gasteiger partial charge in [-0.05, 0) is 36.8 Å². The highest BCUT2D eigenvalue weighted by Gasteiger charge is 2.46. The second kappa shape index (κ2) is 3.16. The molecule has 0 aliphatic heterocycles. The Labute approximate surface area is 89.0 Å². The highest BCUT2D eigenvalue weighted by Crippen LogP contribution is 2.45. The average molecular weight is 202 g/mol. The van der Waals surface area contributed by atoms with Crippen molar-refractivity contribution in [2.45, 2.75) is 19.3 Å². The maximum atomic E-state index is 11.8. The van der Waals surface area contributed by atoms with Crippen LogP contribution < -0.4 is 0 Å². The Balaban J connectivity index is 2.08. The van der Waals surface area contributed by atoms with E-state index in [1.54, 1.807) is 0 Å². The zero-order valence-electron chi connectivity index (χ0n) is 8.56. The molecular weight excluding hydrogens is 188 g/mol. The van der Waals surface area contributed by atoms with Crippen molar-refractivity contribution in [1.29, 1.82) is 0 Å². The number of hydrogen-bond acceptors (Lipinski definition) is 2. The first kappa shape index (κ1) is 9.08. The lowest BCUT2D eigenvalue weighted by atomic mass is 9.66. The Bertz CT molecular complexity index is 344. The summed E-state index contributed by atoms with van der Waals surface area (Å²) in [5, 5.41) is 0. The van der Waals surface area contributed by atoms with Crippen molar-refractivity contribution < 1.29 is 9.59 Å². The van der Waals surface area contributed by atoms with Gasteiger partial charge in [-0.15, -0.1) is 0 Å². The van der Waals surface area contributed by atoms with Crippen molar-refractivity contribution in [1.82, 2.24) is 0 Å². The van der Waals surface area contributed by atoms with Gasteiger partial charge >= 0.3 is 0 Å². The lowest BCUT2D eigenvalue weighted by Crippen LogP contribution is -2.41. The summed E-state index contributed by atoms with van der Waals surface area (Å²) in [5.41, 5.74) is 0. The van der Waals surface area contributed by atoms with E-state index in [0.717, 1.165) is 19.3 Å². The summed E-state index contributed by atoms with van der Waals surface area (Å²) in [5.74, 6) is 0.881. The van der Waals surface area contributed by atoms with E-state index in [4.69, 9.17) is 0 Å². The number of hydrogen-bond donors (Lipinski definition) is 0. The van der Waals surface area contributed by atoms with E-state index >= 15 is 0 Å². The highest BCUT2D eigenvalue weighted by molar-refractivity contribution is 6.07. The SMILES string of the molecule is O=C1C=CC(=O)C2C3C=CC(CCC3)C12. The topological polar surface area (TPSA) is 34.1 Å². The fourth-order valence-corrected chi connectivity index (χ4v) is 3.36. The molecular formula is C13H14O2. The van der Waals surface area contributed by atoms with E-state index in [-0.39, 0.29) is 23.4 Å². The first-order valence-electron chi connectivity index (χ1n) is 5.71. The maximum absolute atomic E-state index is 11.8. The molecule has 78 valence electrons. The number of allylic oxidation sites excluding steroid dienone is 4. The second-order valence-corrected chi connectivity index (χ2v) is 4.83. The summed E-state index contributed by atoms with van der Waals surface area (Å²) in [7, 11) is 0. The third-order valence-electron chi connectivity index (χ3n) is 4.06. The molecule has 0 aromatic heterocycles. The predicted octanol–water partition coefficient (Wildman–Crippen LogP) is 1.91. The summed E-state index contributed by atoms with van der Waals surface area (Å²) >= 11 is 0. The van der Waals surface area contributed by atoms with Gasteiger partial charge in [0.25, 0.3) is 0 Å². The molecule has 2 heteroatoms. The summed E-state index contributed by atoms with van der Waals surface area (Å²) in [6.45, 7) is 0. The van der Waals surface area contributed by atoms with Crippen LogP contribution in [0.1, 0.15) is 19.3 Å². The standard InChI is InChI=1S/C13H14O2/c14-10-6-7-11(15)13-9-3-1-2-8(4-5-9)12(10)13/h4-9,12-13H,1-3H2. The molecule has 0 amide bonds. The van der Waals surface area contributed by atoms with Crippen molar-refractivity contribution >= 4 is 11.6 Å². The van der Waals surface area contributed by atoms with Gasteiger partial charge in [0, 0.05) is 11.8 Å². The molecule has 0 spiro atoms. The van der Waals surface area contributed by atoms with Crippen LogP contribution in [0.3, 0.4) is 0 Å². The average Bonchev–Trinajstić information content (AvgIpc) is 2.57. The van der Waals surface area contributed by atoms with E-state index in [0.29, 0.717) is 11.8 Å². The molecule has 1 fully saturated rings. The molecule has 0 aromatic rings. The molecule has 4 rings (SSSR count). The molecule has 1 saturated carbocycles. The second-order valence-electron chi connectivity index (χ2n) is 4.83. The van der Waals surface area contributed by atoms with Gasteiger partial charge < -0.3 is 0 Å². The monoisotopic (exact) mass is 202 g/mol. The largest absolute Gasteiger partial charge is 0.294 e. The molecule has 0 saturated heterocycles. The van der Waals surface area contributed by atoms with Crippen LogP contribution in [0.4, 0.5) is 0 Å². The van der Waals surface area contributed by atoms with Crippen LogP contribution in [0.15, 0.2) is 24.3 Å². The Morgan fingerprint density at radius 3 is 1.80 bits per heavy atom. The van der Waals surface area contributed by atoms with E-state index in [1.807, 2.05) is 0 Å². The minimum atomic E-state index is -0.0417. The van der Waals surface area contributed by atoms with E-state index in [2.05, 4.69) is 12.2 Å². The molecule has 0 radical (unpaired) electrons. The number of fused-ring (bicyclic) bond motifs is 2. The van der Waals surface area contributed by atoms with Gasteiger partial charge in [0.15, 0.2) is 11.6 Å². The van der Waals surface area contributed by atoms with Crippen molar-refractivity contribution in [2.24, 2.45) is 23.7 Å². The van der Waals surface area contributed by atoms with Gasteiger partial charge in [-0.2, -0.15) is 0 Å². The summed E-state index contributed by atoms with van der Waals surface area (Å²) in [4.78, 5) is 23.7. The minimum Gasteiger partial charge on any atom is -0.294 e. The van der Waals surface area contributed by atoms with Crippen LogP contribution >= 0.6 is 0 Å². The van der Waals surface area contributed by atoms with Crippen molar-refractivity contribution in [3.05, 3.63) is 24.3 Å². The summed E-state index contributed by atoms with van der Waals surface area (Å²) in [6.07, 6.45) is 10.6. The molecule has 15 heavy (non-hydrogen) atoms. The van der Waals surface area contributed by atoms with Gasteiger partial charge in [0.05, 0.1) is 0 Å². The number of carbonyl (C=O) groups is 2. The van der Waals surface area contributed by atoms with E-state index in [9.17, 15) is 9.59 Å². The number of carbonyl (C=O) groups excluding carboxylic acids is 2. The normalized spacial score (nSPS) is 42.9. The summed E-state index contributed by atoms with van der Waals surface area (Å²) < 4.78 is 0. The van der Waals surface area contributed by atoms with Crippen molar-refractivity contribution in [3.63, 3.8) is 0 Å². The zero-order valence-corrected chi connectivity index (χ0v) is 8.56. The fraction of sp³-hybridized carbons (Fsp3) is 0.538. The molecule has 0 aromatic carbocycles. The smallest absolute Gasteiger partial charge is 0.160 e. The lowest BCUT2D eigenvalue weighted by Gasteiger charge is -2.35. The minimum absolute atomic E-state index is 0.0417. The molecule has 0 heterocycles. The van der Waals surface area contributed by atoms with E-state index in [1.165, 1.54) is 12.2 Å². The Hall–Kier alpha value is -1.18. The summed E-state index contributed by atoms with van der Waals surface area (Å²) in [6, 6.07) is 0. The fourth-order valence-electron chi connectivity index (χ4n) is 3.36. The molecule has 0 N–H and O–H groups in total. The van der Waals surface area contributed by atoms with Gasteiger partial charge in [-0.3, -0.25) is 9.59 Å². The number of ketones is 2. The first-order valence-corrected chi connectivity index (χ1v) is 5.71. The molecule has 2 bridgehead atoms. The van der Waals surface area contributed by atoms with Gasteiger partial charge in [-0.25, -0.2) is 0 Å². The zero-order chi connectivity index (χ0) is 10.4. The third kappa shape index (κ3) is 1.24. The van der Waals surface area contributed by atoms with Gasteiger partial charge in [0.2, 0.25) is 0 Å². The van der Waals surface area contributed by atoms with Crippen LogP contribution in [-0.2, 0) is 9.59 Å². The van der Waals surface area contributed by atoms with Crippen LogP contribution in [-0.4, -0.2) is 11.6 Å². The molecule has 4 atom stereocenters. The van der Waals surface area contributed by atoms with Crippen LogP contribution in [0.25, 0.3) is 0 Å². The molecule has 4 unspecified atom stereocenters.